The van der Waals surface area contributed by atoms with Gasteiger partial charge in [-0.3, -0.25) is 4.79 Å². The first-order chi connectivity index (χ1) is 8.54. The summed E-state index contributed by atoms with van der Waals surface area (Å²) in [6.07, 6.45) is 6.56. The molecule has 0 heterocycles. The maximum atomic E-state index is 12.6. The van der Waals surface area contributed by atoms with Gasteiger partial charge in [-0.25, -0.2) is 0 Å². The van der Waals surface area contributed by atoms with Gasteiger partial charge in [0.05, 0.1) is 11.5 Å². The van der Waals surface area contributed by atoms with E-state index in [4.69, 9.17) is 18.0 Å². The van der Waals surface area contributed by atoms with E-state index in [0.29, 0.717) is 23.4 Å². The van der Waals surface area contributed by atoms with Crippen LogP contribution in [0.3, 0.4) is 0 Å². The molecule has 0 aromatic carbocycles. The fourth-order valence-corrected chi connectivity index (χ4v) is 5.09. The molecule has 4 fully saturated rings. The second-order valence-electron chi connectivity index (χ2n) is 6.62. The first-order valence-corrected chi connectivity index (χ1v) is 7.48. The van der Waals surface area contributed by atoms with Crippen LogP contribution in [0.25, 0.3) is 0 Å². The fourth-order valence-electron chi connectivity index (χ4n) is 4.89. The smallest absolute Gasteiger partial charge is 0.226 e. The molecule has 100 valence electrons. The van der Waals surface area contributed by atoms with Crippen molar-refractivity contribution < 1.29 is 4.79 Å². The SMILES string of the molecule is CN(CC(N)=S)C(=O)C1C2CC3CC(C2)CC1C3. The lowest BCUT2D eigenvalue weighted by atomic mass is 9.51. The Bertz CT molecular complexity index is 354. The average molecular weight is 266 g/mol. The third-order valence-corrected chi connectivity index (χ3v) is 5.41. The Kier molecular flexibility index (Phi) is 3.08. The number of carbonyl (C=O) groups is 1. The standard InChI is InChI=1S/C14H22N2OS/c1-16(7-12(15)18)14(17)13-10-3-8-2-9(5-10)6-11(13)4-8/h8-11,13H,2-7H2,1H3,(H2,15,18). The largest absolute Gasteiger partial charge is 0.392 e. The minimum absolute atomic E-state index is 0.261. The molecule has 0 radical (unpaired) electrons. The third-order valence-electron chi connectivity index (χ3n) is 5.28. The summed E-state index contributed by atoms with van der Waals surface area (Å²) in [5.41, 5.74) is 5.54. The second kappa shape index (κ2) is 4.48. The van der Waals surface area contributed by atoms with E-state index in [2.05, 4.69) is 0 Å². The van der Waals surface area contributed by atoms with E-state index in [-0.39, 0.29) is 11.8 Å². The van der Waals surface area contributed by atoms with Gasteiger partial charge in [0.2, 0.25) is 5.91 Å². The molecule has 4 saturated carbocycles. The molecule has 18 heavy (non-hydrogen) atoms. The van der Waals surface area contributed by atoms with Crippen LogP contribution in [0.1, 0.15) is 32.1 Å². The van der Waals surface area contributed by atoms with E-state index in [1.165, 1.54) is 32.1 Å². The molecule has 0 spiro atoms. The molecular formula is C14H22N2OS. The van der Waals surface area contributed by atoms with Crippen molar-refractivity contribution in [3.63, 3.8) is 0 Å². The van der Waals surface area contributed by atoms with Crippen LogP contribution in [0.15, 0.2) is 0 Å². The molecule has 4 aliphatic carbocycles. The lowest BCUT2D eigenvalue weighted by molar-refractivity contribution is -0.147. The normalized spacial score (nSPS) is 40.8. The van der Waals surface area contributed by atoms with E-state index in [1.54, 1.807) is 4.90 Å². The predicted molar refractivity (Wildman–Crippen MR) is 75.0 cm³/mol. The quantitative estimate of drug-likeness (QED) is 0.792. The van der Waals surface area contributed by atoms with Crippen LogP contribution in [0.4, 0.5) is 0 Å². The number of hydrogen-bond acceptors (Lipinski definition) is 2. The lowest BCUT2D eigenvalue weighted by Gasteiger charge is -2.54. The molecule has 0 aliphatic heterocycles. The molecule has 0 saturated heterocycles. The van der Waals surface area contributed by atoms with Gasteiger partial charge in [0.1, 0.15) is 0 Å². The van der Waals surface area contributed by atoms with Crippen molar-refractivity contribution in [1.29, 1.82) is 0 Å². The first kappa shape index (κ1) is 12.4. The molecule has 4 rings (SSSR count). The highest BCUT2D eigenvalue weighted by molar-refractivity contribution is 7.80. The number of nitrogens with two attached hydrogens (primary N) is 1. The minimum atomic E-state index is 0.261. The Morgan fingerprint density at radius 2 is 1.67 bits per heavy atom. The van der Waals surface area contributed by atoms with E-state index in [1.807, 2.05) is 7.05 Å². The summed E-state index contributed by atoms with van der Waals surface area (Å²) >= 11 is 4.90. The Labute approximate surface area is 114 Å². The zero-order valence-electron chi connectivity index (χ0n) is 11.0. The van der Waals surface area contributed by atoms with E-state index >= 15 is 0 Å². The van der Waals surface area contributed by atoms with Gasteiger partial charge >= 0.3 is 0 Å². The molecule has 0 atom stereocenters. The van der Waals surface area contributed by atoms with E-state index in [9.17, 15) is 4.79 Å². The number of rotatable bonds is 3. The maximum Gasteiger partial charge on any atom is 0.226 e. The second-order valence-corrected chi connectivity index (χ2v) is 7.14. The van der Waals surface area contributed by atoms with Crippen LogP contribution >= 0.6 is 12.2 Å². The third kappa shape index (κ3) is 2.04. The van der Waals surface area contributed by atoms with Crippen molar-refractivity contribution in [2.24, 2.45) is 35.3 Å². The van der Waals surface area contributed by atoms with Gasteiger partial charge < -0.3 is 10.6 Å². The average Bonchev–Trinajstić information content (AvgIpc) is 2.26. The van der Waals surface area contributed by atoms with Gasteiger partial charge in [0.15, 0.2) is 0 Å². The zero-order chi connectivity index (χ0) is 12.9. The predicted octanol–water partition coefficient (Wildman–Crippen LogP) is 1.80. The molecular weight excluding hydrogens is 244 g/mol. The topological polar surface area (TPSA) is 46.3 Å². The summed E-state index contributed by atoms with van der Waals surface area (Å²) in [4.78, 5) is 14.7. The Morgan fingerprint density at radius 3 is 2.11 bits per heavy atom. The summed E-state index contributed by atoms with van der Waals surface area (Å²) in [5.74, 6) is 3.66. The van der Waals surface area contributed by atoms with Crippen LogP contribution in [-0.4, -0.2) is 29.4 Å². The molecule has 3 nitrogen and oxygen atoms in total. The molecule has 4 aliphatic rings. The molecule has 0 aromatic heterocycles. The lowest BCUT2D eigenvalue weighted by Crippen LogP contribution is -2.52. The van der Waals surface area contributed by atoms with Gasteiger partial charge in [0.25, 0.3) is 0 Å². The summed E-state index contributed by atoms with van der Waals surface area (Å²) in [6.45, 7) is 0.428. The molecule has 4 bridgehead atoms. The molecule has 4 heteroatoms. The van der Waals surface area contributed by atoms with Gasteiger partial charge in [-0.15, -0.1) is 0 Å². The number of likely N-dealkylation sites (N-methyl/N-ethyl adjacent to an activating group) is 1. The number of amides is 1. The molecule has 2 N–H and O–H groups in total. The summed E-state index contributed by atoms with van der Waals surface area (Å²) in [6, 6.07) is 0. The van der Waals surface area contributed by atoms with Crippen LogP contribution in [0, 0.1) is 29.6 Å². The highest BCUT2D eigenvalue weighted by atomic mass is 32.1. The van der Waals surface area contributed by atoms with Crippen molar-refractivity contribution in [3.05, 3.63) is 0 Å². The van der Waals surface area contributed by atoms with Crippen molar-refractivity contribution in [2.75, 3.05) is 13.6 Å². The van der Waals surface area contributed by atoms with Crippen LogP contribution < -0.4 is 5.73 Å². The summed E-state index contributed by atoms with van der Waals surface area (Å²) in [5, 5.41) is 0. The number of carbonyl (C=O) groups excluding carboxylic acids is 1. The monoisotopic (exact) mass is 266 g/mol. The van der Waals surface area contributed by atoms with Gasteiger partial charge in [-0.1, -0.05) is 12.2 Å². The number of thiocarbonyl (C=S) groups is 1. The van der Waals surface area contributed by atoms with Crippen LogP contribution in [0.2, 0.25) is 0 Å². The zero-order valence-corrected chi connectivity index (χ0v) is 11.8. The Morgan fingerprint density at radius 1 is 1.17 bits per heavy atom. The highest BCUT2D eigenvalue weighted by Crippen LogP contribution is 2.56. The van der Waals surface area contributed by atoms with Crippen LogP contribution in [-0.2, 0) is 4.79 Å². The fraction of sp³-hybridized carbons (Fsp3) is 0.857. The van der Waals surface area contributed by atoms with Gasteiger partial charge in [0, 0.05) is 13.0 Å². The Balaban J connectivity index is 1.72. The van der Waals surface area contributed by atoms with Crippen LogP contribution in [0.5, 0.6) is 0 Å². The molecule has 0 aromatic rings. The van der Waals surface area contributed by atoms with Gasteiger partial charge in [-0.05, 0) is 55.8 Å². The summed E-state index contributed by atoms with van der Waals surface area (Å²) < 4.78 is 0. The molecule has 1 amide bonds. The Hall–Kier alpha value is -0.640. The van der Waals surface area contributed by atoms with Crippen molar-refractivity contribution in [3.8, 4) is 0 Å². The van der Waals surface area contributed by atoms with Crippen molar-refractivity contribution in [2.45, 2.75) is 32.1 Å². The van der Waals surface area contributed by atoms with Gasteiger partial charge in [-0.2, -0.15) is 0 Å². The maximum absolute atomic E-state index is 12.6. The van der Waals surface area contributed by atoms with E-state index < -0.39 is 0 Å². The summed E-state index contributed by atoms with van der Waals surface area (Å²) in [7, 11) is 1.84. The van der Waals surface area contributed by atoms with Crippen molar-refractivity contribution >= 4 is 23.1 Å². The number of hydrogen-bond donors (Lipinski definition) is 1. The number of nitrogens with zero attached hydrogens (tertiary/aromatic N) is 1. The first-order valence-electron chi connectivity index (χ1n) is 7.08. The highest BCUT2D eigenvalue weighted by Gasteiger charge is 2.51. The van der Waals surface area contributed by atoms with Crippen molar-refractivity contribution in [1.82, 2.24) is 4.90 Å². The van der Waals surface area contributed by atoms with E-state index in [0.717, 1.165) is 11.8 Å². The minimum Gasteiger partial charge on any atom is -0.392 e. The molecule has 0 unspecified atom stereocenters.